The Labute approximate surface area is 127 Å². The van der Waals surface area contributed by atoms with Crippen molar-refractivity contribution in [3.05, 3.63) is 28.8 Å². The molecule has 0 heterocycles. The summed E-state index contributed by atoms with van der Waals surface area (Å²) in [4.78, 5) is 0. The largest absolute Gasteiger partial charge is 0.490 e. The lowest BCUT2D eigenvalue weighted by Crippen LogP contribution is -2.29. The number of halogens is 1. The maximum atomic E-state index is 6.31. The van der Waals surface area contributed by atoms with Gasteiger partial charge in [0.05, 0.1) is 6.10 Å². The van der Waals surface area contributed by atoms with Crippen molar-refractivity contribution in [2.75, 3.05) is 0 Å². The average Bonchev–Trinajstić information content (AvgIpc) is 2.38. The minimum Gasteiger partial charge on any atom is -0.490 e. The molecule has 1 saturated carbocycles. The lowest BCUT2D eigenvalue weighted by Gasteiger charge is -2.32. The van der Waals surface area contributed by atoms with Crippen molar-refractivity contribution in [1.82, 2.24) is 0 Å². The third-order valence-corrected chi connectivity index (χ3v) is 4.80. The zero-order chi connectivity index (χ0) is 14.7. The van der Waals surface area contributed by atoms with Gasteiger partial charge in [0, 0.05) is 16.6 Å². The molecule has 0 spiro atoms. The van der Waals surface area contributed by atoms with Crippen molar-refractivity contribution >= 4 is 11.6 Å². The van der Waals surface area contributed by atoms with Crippen LogP contribution in [0.5, 0.6) is 5.75 Å². The van der Waals surface area contributed by atoms with Gasteiger partial charge in [0.2, 0.25) is 0 Å². The molecule has 0 saturated heterocycles. The molecule has 1 aromatic carbocycles. The van der Waals surface area contributed by atoms with Gasteiger partial charge >= 0.3 is 0 Å². The van der Waals surface area contributed by atoms with Crippen molar-refractivity contribution in [3.8, 4) is 5.75 Å². The van der Waals surface area contributed by atoms with Crippen molar-refractivity contribution in [2.24, 2.45) is 17.6 Å². The monoisotopic (exact) mass is 295 g/mol. The van der Waals surface area contributed by atoms with Crippen LogP contribution in [0.3, 0.4) is 0 Å². The minimum atomic E-state index is 0.0857. The highest BCUT2D eigenvalue weighted by Gasteiger charge is 2.26. The van der Waals surface area contributed by atoms with Crippen molar-refractivity contribution in [3.63, 3.8) is 0 Å². The van der Waals surface area contributed by atoms with E-state index in [1.807, 2.05) is 25.1 Å². The summed E-state index contributed by atoms with van der Waals surface area (Å²) in [6.07, 6.45) is 4.58. The van der Waals surface area contributed by atoms with Crippen molar-refractivity contribution in [2.45, 2.75) is 58.6 Å². The predicted molar refractivity (Wildman–Crippen MR) is 85.4 cm³/mol. The summed E-state index contributed by atoms with van der Waals surface area (Å²) in [7, 11) is 0. The van der Waals surface area contributed by atoms with Crippen LogP contribution in [0.15, 0.2) is 18.2 Å². The van der Waals surface area contributed by atoms with E-state index in [0.717, 1.165) is 47.4 Å². The van der Waals surface area contributed by atoms with E-state index < -0.39 is 0 Å². The molecule has 20 heavy (non-hydrogen) atoms. The second-order valence-electron chi connectivity index (χ2n) is 6.41. The second-order valence-corrected chi connectivity index (χ2v) is 6.81. The molecular weight excluding hydrogens is 270 g/mol. The third-order valence-electron chi connectivity index (χ3n) is 4.45. The van der Waals surface area contributed by atoms with E-state index in [9.17, 15) is 0 Å². The Balaban J connectivity index is 2.11. The molecular formula is C17H26ClNO. The van der Waals surface area contributed by atoms with Crippen LogP contribution in [0, 0.1) is 11.8 Å². The fourth-order valence-electron chi connectivity index (χ4n) is 2.95. The Morgan fingerprint density at radius 2 is 2.05 bits per heavy atom. The fourth-order valence-corrected chi connectivity index (χ4v) is 3.20. The van der Waals surface area contributed by atoms with Gasteiger partial charge in [0.1, 0.15) is 5.75 Å². The zero-order valence-corrected chi connectivity index (χ0v) is 13.5. The van der Waals surface area contributed by atoms with Gasteiger partial charge in [-0.05, 0) is 56.6 Å². The van der Waals surface area contributed by atoms with Crippen LogP contribution in [0.4, 0.5) is 0 Å². The molecule has 0 aliphatic heterocycles. The lowest BCUT2D eigenvalue weighted by molar-refractivity contribution is 0.0996. The first-order valence-electron chi connectivity index (χ1n) is 7.67. The van der Waals surface area contributed by atoms with Crippen LogP contribution in [-0.4, -0.2) is 12.1 Å². The highest BCUT2D eigenvalue weighted by Crippen LogP contribution is 2.34. The number of hydrogen-bond acceptors (Lipinski definition) is 2. The summed E-state index contributed by atoms with van der Waals surface area (Å²) in [6, 6.07) is 5.98. The van der Waals surface area contributed by atoms with Gasteiger partial charge in [0.25, 0.3) is 0 Å². The third kappa shape index (κ3) is 3.89. The standard InChI is InChI=1S/C17H26ClNO/c1-11-7-8-14(9-12(11)2)20-17-6-4-5-16(18)15(17)10-13(3)19/h4-6,11-14H,7-10,19H2,1-3H3. The molecule has 1 aromatic rings. The maximum absolute atomic E-state index is 6.31. The first-order chi connectivity index (χ1) is 9.47. The van der Waals surface area contributed by atoms with Crippen LogP contribution in [0.2, 0.25) is 5.02 Å². The summed E-state index contributed by atoms with van der Waals surface area (Å²) >= 11 is 6.31. The number of benzene rings is 1. The van der Waals surface area contributed by atoms with Gasteiger partial charge in [-0.2, -0.15) is 0 Å². The molecule has 1 aliphatic rings. The lowest BCUT2D eigenvalue weighted by atomic mass is 9.80. The Hall–Kier alpha value is -0.730. The summed E-state index contributed by atoms with van der Waals surface area (Å²) in [5.41, 5.74) is 6.97. The number of nitrogens with two attached hydrogens (primary N) is 1. The molecule has 0 bridgehead atoms. The second kappa shape index (κ2) is 6.82. The van der Waals surface area contributed by atoms with Crippen LogP contribution in [0.1, 0.15) is 45.6 Å². The normalized spacial score (nSPS) is 28.1. The highest BCUT2D eigenvalue weighted by atomic mass is 35.5. The molecule has 0 amide bonds. The molecule has 2 rings (SSSR count). The number of ether oxygens (including phenoxy) is 1. The van der Waals surface area contributed by atoms with E-state index >= 15 is 0 Å². The average molecular weight is 296 g/mol. The van der Waals surface area contributed by atoms with Gasteiger partial charge in [-0.15, -0.1) is 0 Å². The molecule has 4 atom stereocenters. The molecule has 1 aliphatic carbocycles. The van der Waals surface area contributed by atoms with E-state index in [4.69, 9.17) is 22.1 Å². The maximum Gasteiger partial charge on any atom is 0.124 e. The molecule has 2 nitrogen and oxygen atoms in total. The Morgan fingerprint density at radius 3 is 2.70 bits per heavy atom. The van der Waals surface area contributed by atoms with Gasteiger partial charge < -0.3 is 10.5 Å². The van der Waals surface area contributed by atoms with Gasteiger partial charge in [0.15, 0.2) is 0 Å². The Bertz CT molecular complexity index is 447. The van der Waals surface area contributed by atoms with E-state index in [1.54, 1.807) is 0 Å². The molecule has 3 heteroatoms. The SMILES string of the molecule is CC(N)Cc1c(Cl)cccc1OC1CCC(C)C(C)C1. The summed E-state index contributed by atoms with van der Waals surface area (Å²) in [5, 5.41) is 0.761. The van der Waals surface area contributed by atoms with Crippen LogP contribution < -0.4 is 10.5 Å². The number of hydrogen-bond donors (Lipinski definition) is 1. The Morgan fingerprint density at radius 1 is 1.30 bits per heavy atom. The fraction of sp³-hybridized carbons (Fsp3) is 0.647. The first-order valence-corrected chi connectivity index (χ1v) is 8.04. The molecule has 0 aromatic heterocycles. The number of rotatable bonds is 4. The van der Waals surface area contributed by atoms with Crippen LogP contribution in [-0.2, 0) is 6.42 Å². The van der Waals surface area contributed by atoms with Crippen LogP contribution in [0.25, 0.3) is 0 Å². The van der Waals surface area contributed by atoms with Gasteiger partial charge in [-0.3, -0.25) is 0 Å². The molecule has 4 unspecified atom stereocenters. The quantitative estimate of drug-likeness (QED) is 0.891. The molecule has 112 valence electrons. The van der Waals surface area contributed by atoms with Gasteiger partial charge in [-0.1, -0.05) is 31.5 Å². The summed E-state index contributed by atoms with van der Waals surface area (Å²) < 4.78 is 6.25. The summed E-state index contributed by atoms with van der Waals surface area (Å²) in [6.45, 7) is 6.65. The summed E-state index contributed by atoms with van der Waals surface area (Å²) in [5.74, 6) is 2.45. The van der Waals surface area contributed by atoms with Crippen LogP contribution >= 0.6 is 11.6 Å². The zero-order valence-electron chi connectivity index (χ0n) is 12.7. The van der Waals surface area contributed by atoms with E-state index in [1.165, 1.54) is 6.42 Å². The molecule has 0 radical (unpaired) electrons. The topological polar surface area (TPSA) is 35.2 Å². The highest BCUT2D eigenvalue weighted by molar-refractivity contribution is 6.31. The minimum absolute atomic E-state index is 0.0857. The van der Waals surface area contributed by atoms with E-state index in [2.05, 4.69) is 13.8 Å². The van der Waals surface area contributed by atoms with Gasteiger partial charge in [-0.25, -0.2) is 0 Å². The van der Waals surface area contributed by atoms with Crippen molar-refractivity contribution in [1.29, 1.82) is 0 Å². The first kappa shape index (κ1) is 15.7. The smallest absolute Gasteiger partial charge is 0.124 e. The van der Waals surface area contributed by atoms with E-state index in [-0.39, 0.29) is 6.04 Å². The predicted octanol–water partition coefficient (Wildman–Crippen LogP) is 4.43. The van der Waals surface area contributed by atoms with E-state index in [0.29, 0.717) is 6.10 Å². The molecule has 2 N–H and O–H groups in total. The van der Waals surface area contributed by atoms with Crippen molar-refractivity contribution < 1.29 is 4.74 Å². The molecule has 1 fully saturated rings. The Kier molecular flexibility index (Phi) is 5.34.